The van der Waals surface area contributed by atoms with Crippen LogP contribution >= 0.6 is 0 Å². The third-order valence-electron chi connectivity index (χ3n) is 2.97. The molecule has 0 saturated carbocycles. The number of aryl methyl sites for hydroxylation is 1. The molecule has 0 amide bonds. The fourth-order valence-electron chi connectivity index (χ4n) is 1.80. The third-order valence-corrected chi connectivity index (χ3v) is 4.58. The Morgan fingerprint density at radius 1 is 1.25 bits per heavy atom. The van der Waals surface area contributed by atoms with Crippen LogP contribution in [0.2, 0.25) is 0 Å². The number of sulfone groups is 1. The molecule has 88 valence electrons. The minimum absolute atomic E-state index is 0.237. The topological polar surface area (TPSA) is 63.4 Å². The number of nitrogen functional groups attached to an aromatic ring is 1. The van der Waals surface area contributed by atoms with Crippen molar-refractivity contribution in [1.82, 2.24) is 0 Å². The Balaban J connectivity index is 2.17. The largest absolute Gasteiger partial charge is 0.398 e. The lowest BCUT2D eigenvalue weighted by atomic mass is 10.1. The first-order chi connectivity index (χ1) is 7.48. The summed E-state index contributed by atoms with van der Waals surface area (Å²) in [7, 11) is -2.81. The van der Waals surface area contributed by atoms with Crippen molar-refractivity contribution >= 4 is 21.2 Å². The van der Waals surface area contributed by atoms with Crippen molar-refractivity contribution in [2.45, 2.75) is 6.92 Å². The van der Waals surface area contributed by atoms with Crippen molar-refractivity contribution < 1.29 is 8.42 Å². The van der Waals surface area contributed by atoms with Gasteiger partial charge < -0.3 is 10.6 Å². The lowest BCUT2D eigenvalue weighted by molar-refractivity contribution is 0.587. The molecule has 2 rings (SSSR count). The summed E-state index contributed by atoms with van der Waals surface area (Å²) in [4.78, 5) is 2.07. The summed E-state index contributed by atoms with van der Waals surface area (Å²) >= 11 is 0. The molecule has 1 aliphatic rings. The van der Waals surface area contributed by atoms with Crippen molar-refractivity contribution in [2.24, 2.45) is 0 Å². The minimum atomic E-state index is -2.81. The van der Waals surface area contributed by atoms with Crippen LogP contribution in [0.1, 0.15) is 5.56 Å². The quantitative estimate of drug-likeness (QED) is 0.738. The monoisotopic (exact) mass is 240 g/mol. The van der Waals surface area contributed by atoms with E-state index in [-0.39, 0.29) is 11.5 Å². The molecule has 1 aromatic rings. The molecule has 16 heavy (non-hydrogen) atoms. The van der Waals surface area contributed by atoms with Crippen LogP contribution < -0.4 is 10.6 Å². The van der Waals surface area contributed by atoms with Gasteiger partial charge in [-0.3, -0.25) is 0 Å². The van der Waals surface area contributed by atoms with E-state index in [9.17, 15) is 8.42 Å². The number of hydrogen-bond donors (Lipinski definition) is 1. The molecule has 1 aromatic carbocycles. The van der Waals surface area contributed by atoms with Crippen LogP contribution in [0.15, 0.2) is 18.2 Å². The highest BCUT2D eigenvalue weighted by Crippen LogP contribution is 2.22. The molecule has 4 nitrogen and oxygen atoms in total. The zero-order valence-corrected chi connectivity index (χ0v) is 10.1. The fraction of sp³-hybridized carbons (Fsp3) is 0.455. The smallest absolute Gasteiger partial charge is 0.153 e. The standard InChI is InChI=1S/C11H16N2O2S/c1-9-2-3-10(8-11(9)12)13-4-6-16(14,15)7-5-13/h2-3,8H,4-7,12H2,1H3. The van der Waals surface area contributed by atoms with E-state index < -0.39 is 9.84 Å². The first-order valence-corrected chi connectivity index (χ1v) is 7.11. The molecular weight excluding hydrogens is 224 g/mol. The Morgan fingerprint density at radius 2 is 1.88 bits per heavy atom. The highest BCUT2D eigenvalue weighted by atomic mass is 32.2. The van der Waals surface area contributed by atoms with Gasteiger partial charge in [0.1, 0.15) is 0 Å². The summed E-state index contributed by atoms with van der Waals surface area (Å²) in [6.07, 6.45) is 0. The molecular formula is C11H16N2O2S. The van der Waals surface area contributed by atoms with Gasteiger partial charge >= 0.3 is 0 Å². The molecule has 5 heteroatoms. The molecule has 2 N–H and O–H groups in total. The second-order valence-corrected chi connectivity index (χ2v) is 6.48. The Kier molecular flexibility index (Phi) is 2.80. The number of hydrogen-bond acceptors (Lipinski definition) is 4. The second kappa shape index (κ2) is 3.97. The van der Waals surface area contributed by atoms with Crippen LogP contribution in [0.4, 0.5) is 11.4 Å². The summed E-state index contributed by atoms with van der Waals surface area (Å²) in [5, 5.41) is 0. The molecule has 0 bridgehead atoms. The average molecular weight is 240 g/mol. The van der Waals surface area contributed by atoms with E-state index in [4.69, 9.17) is 5.73 Å². The molecule has 0 aromatic heterocycles. The van der Waals surface area contributed by atoms with E-state index in [1.807, 2.05) is 25.1 Å². The van der Waals surface area contributed by atoms with Crippen LogP contribution in [-0.2, 0) is 9.84 Å². The molecule has 0 unspecified atom stereocenters. The lowest BCUT2D eigenvalue weighted by Gasteiger charge is -2.29. The number of benzene rings is 1. The van der Waals surface area contributed by atoms with Gasteiger partial charge in [-0.05, 0) is 24.6 Å². The van der Waals surface area contributed by atoms with Gasteiger partial charge in [-0.1, -0.05) is 6.07 Å². The van der Waals surface area contributed by atoms with Crippen molar-refractivity contribution in [3.63, 3.8) is 0 Å². The zero-order valence-electron chi connectivity index (χ0n) is 9.31. The van der Waals surface area contributed by atoms with Crippen LogP contribution in [0.3, 0.4) is 0 Å². The SMILES string of the molecule is Cc1ccc(N2CCS(=O)(=O)CC2)cc1N. The van der Waals surface area contributed by atoms with E-state index in [0.29, 0.717) is 13.1 Å². The maximum absolute atomic E-state index is 11.3. The summed E-state index contributed by atoms with van der Waals surface area (Å²) in [6.45, 7) is 3.08. The van der Waals surface area contributed by atoms with Gasteiger partial charge in [-0.2, -0.15) is 0 Å². The van der Waals surface area contributed by atoms with Crippen LogP contribution in [0, 0.1) is 6.92 Å². The number of nitrogens with zero attached hydrogens (tertiary/aromatic N) is 1. The van der Waals surface area contributed by atoms with Crippen molar-refractivity contribution in [2.75, 3.05) is 35.2 Å². The van der Waals surface area contributed by atoms with Gasteiger partial charge in [0.15, 0.2) is 9.84 Å². The first-order valence-electron chi connectivity index (χ1n) is 5.29. The van der Waals surface area contributed by atoms with Crippen molar-refractivity contribution in [1.29, 1.82) is 0 Å². The van der Waals surface area contributed by atoms with Gasteiger partial charge in [0.2, 0.25) is 0 Å². The third kappa shape index (κ3) is 2.29. The van der Waals surface area contributed by atoms with Gasteiger partial charge in [-0.15, -0.1) is 0 Å². The molecule has 0 aliphatic carbocycles. The Hall–Kier alpha value is -1.23. The van der Waals surface area contributed by atoms with Gasteiger partial charge in [0.05, 0.1) is 11.5 Å². The summed E-state index contributed by atoms with van der Waals surface area (Å²) in [5.41, 5.74) is 8.65. The highest BCUT2D eigenvalue weighted by molar-refractivity contribution is 7.91. The molecule has 0 spiro atoms. The van der Waals surface area contributed by atoms with Crippen LogP contribution in [0.5, 0.6) is 0 Å². The van der Waals surface area contributed by atoms with Crippen molar-refractivity contribution in [3.05, 3.63) is 23.8 Å². The average Bonchev–Trinajstić information content (AvgIpc) is 2.22. The van der Waals surface area contributed by atoms with E-state index in [0.717, 1.165) is 16.9 Å². The van der Waals surface area contributed by atoms with Crippen molar-refractivity contribution in [3.8, 4) is 0 Å². The van der Waals surface area contributed by atoms with Gasteiger partial charge in [0, 0.05) is 24.5 Å². The van der Waals surface area contributed by atoms with E-state index in [2.05, 4.69) is 4.90 Å². The fourth-order valence-corrected chi connectivity index (χ4v) is 3.00. The Morgan fingerprint density at radius 3 is 2.44 bits per heavy atom. The van der Waals surface area contributed by atoms with Gasteiger partial charge in [0.25, 0.3) is 0 Å². The predicted molar refractivity (Wildman–Crippen MR) is 66.5 cm³/mol. The molecule has 1 aliphatic heterocycles. The van der Waals surface area contributed by atoms with E-state index in [1.54, 1.807) is 0 Å². The molecule has 1 heterocycles. The first kappa shape index (κ1) is 11.3. The second-order valence-electron chi connectivity index (χ2n) is 4.18. The molecule has 0 radical (unpaired) electrons. The lowest BCUT2D eigenvalue weighted by Crippen LogP contribution is -2.40. The molecule has 1 saturated heterocycles. The molecule has 1 fully saturated rings. The van der Waals surface area contributed by atoms with Crippen LogP contribution in [0.25, 0.3) is 0 Å². The number of rotatable bonds is 1. The zero-order chi connectivity index (χ0) is 11.8. The minimum Gasteiger partial charge on any atom is -0.398 e. The molecule has 0 atom stereocenters. The number of nitrogens with two attached hydrogens (primary N) is 1. The van der Waals surface area contributed by atoms with Gasteiger partial charge in [-0.25, -0.2) is 8.42 Å². The van der Waals surface area contributed by atoms with E-state index in [1.165, 1.54) is 0 Å². The maximum atomic E-state index is 11.3. The predicted octanol–water partition coefficient (Wildman–Crippen LogP) is 0.812. The Labute approximate surface area is 96.0 Å². The summed E-state index contributed by atoms with van der Waals surface area (Å²) < 4.78 is 22.6. The maximum Gasteiger partial charge on any atom is 0.153 e. The van der Waals surface area contributed by atoms with Crippen LogP contribution in [-0.4, -0.2) is 33.0 Å². The van der Waals surface area contributed by atoms with E-state index >= 15 is 0 Å². The Bertz CT molecular complexity index is 483. The normalized spacial score (nSPS) is 19.7. The summed E-state index contributed by atoms with van der Waals surface area (Å²) in [6, 6.07) is 5.87. The summed E-state index contributed by atoms with van der Waals surface area (Å²) in [5.74, 6) is 0.474. The number of anilines is 2. The highest BCUT2D eigenvalue weighted by Gasteiger charge is 2.21.